The number of aryl methyl sites for hydroxylation is 2. The van der Waals surface area contributed by atoms with Crippen molar-refractivity contribution in [1.29, 1.82) is 0 Å². The zero-order chi connectivity index (χ0) is 21.1. The Balaban J connectivity index is 1.59. The predicted octanol–water partition coefficient (Wildman–Crippen LogP) is 2.66. The molecule has 0 radical (unpaired) electrons. The van der Waals surface area contributed by atoms with Crippen LogP contribution < -0.4 is 4.74 Å². The highest BCUT2D eigenvalue weighted by Gasteiger charge is 2.39. The van der Waals surface area contributed by atoms with E-state index in [0.717, 1.165) is 49.8 Å². The monoisotopic (exact) mass is 410 g/mol. The number of para-hydroxylation sites is 1. The van der Waals surface area contributed by atoms with E-state index in [4.69, 9.17) is 4.74 Å². The number of ether oxygens (including phenoxy) is 1. The fourth-order valence-electron chi connectivity index (χ4n) is 4.74. The van der Waals surface area contributed by atoms with Crippen molar-refractivity contribution in [2.75, 3.05) is 20.2 Å². The van der Waals surface area contributed by atoms with Crippen molar-refractivity contribution in [2.24, 2.45) is 7.05 Å². The average molecular weight is 411 g/mol. The maximum Gasteiger partial charge on any atom is 0.290 e. The normalized spacial score (nSPS) is 22.9. The lowest BCUT2D eigenvalue weighted by Gasteiger charge is -2.45. The molecule has 2 aromatic rings. The molecule has 1 saturated heterocycles. The van der Waals surface area contributed by atoms with Crippen LogP contribution in [0.3, 0.4) is 0 Å². The van der Waals surface area contributed by atoms with Gasteiger partial charge in [-0.3, -0.25) is 9.59 Å². The predicted molar refractivity (Wildman–Crippen MR) is 113 cm³/mol. The van der Waals surface area contributed by atoms with Gasteiger partial charge in [0.05, 0.1) is 12.1 Å². The van der Waals surface area contributed by atoms with Gasteiger partial charge < -0.3 is 19.1 Å². The first-order chi connectivity index (χ1) is 14.6. The maximum absolute atomic E-state index is 13.3. The number of amides is 2. The van der Waals surface area contributed by atoms with Crippen molar-refractivity contribution in [2.45, 2.75) is 50.6 Å². The van der Waals surface area contributed by atoms with Crippen LogP contribution in [-0.2, 0) is 18.3 Å². The van der Waals surface area contributed by atoms with Gasteiger partial charge in [-0.2, -0.15) is 0 Å². The SMILES string of the molecule is CN1C(=O)COc2ccccc2CCCC[C@@H]2[C@H]1CCCN2C(=O)c1nccn1C. The molecule has 160 valence electrons. The first kappa shape index (κ1) is 20.4. The van der Waals surface area contributed by atoms with Gasteiger partial charge in [-0.25, -0.2) is 4.98 Å². The van der Waals surface area contributed by atoms with Crippen LogP contribution in [0, 0.1) is 0 Å². The summed E-state index contributed by atoms with van der Waals surface area (Å²) in [4.78, 5) is 34.2. The molecule has 4 rings (SSSR count). The molecule has 2 atom stereocenters. The van der Waals surface area contributed by atoms with Crippen LogP contribution in [0.5, 0.6) is 5.75 Å². The minimum atomic E-state index is -0.0494. The quantitative estimate of drug-likeness (QED) is 0.725. The molecule has 0 saturated carbocycles. The Hall–Kier alpha value is -2.83. The molecule has 30 heavy (non-hydrogen) atoms. The summed E-state index contributed by atoms with van der Waals surface area (Å²) < 4.78 is 7.65. The molecule has 3 heterocycles. The number of hydrogen-bond acceptors (Lipinski definition) is 4. The van der Waals surface area contributed by atoms with Gasteiger partial charge >= 0.3 is 0 Å². The van der Waals surface area contributed by atoms with Crippen molar-refractivity contribution in [3.8, 4) is 5.75 Å². The van der Waals surface area contributed by atoms with Crippen molar-refractivity contribution >= 4 is 11.8 Å². The van der Waals surface area contributed by atoms with E-state index in [1.165, 1.54) is 0 Å². The third kappa shape index (κ3) is 4.06. The molecule has 0 aliphatic carbocycles. The van der Waals surface area contributed by atoms with Crippen molar-refractivity contribution < 1.29 is 14.3 Å². The molecule has 7 heteroatoms. The molecule has 7 nitrogen and oxygen atoms in total. The lowest BCUT2D eigenvalue weighted by molar-refractivity contribution is -0.136. The highest BCUT2D eigenvalue weighted by molar-refractivity contribution is 5.91. The summed E-state index contributed by atoms with van der Waals surface area (Å²) in [5.74, 6) is 1.15. The molecule has 0 spiro atoms. The van der Waals surface area contributed by atoms with Gasteiger partial charge in [-0.05, 0) is 43.7 Å². The van der Waals surface area contributed by atoms with E-state index in [0.29, 0.717) is 12.4 Å². The van der Waals surface area contributed by atoms with Crippen LogP contribution in [0.2, 0.25) is 0 Å². The number of likely N-dealkylation sites (N-methyl/N-ethyl adjacent to an activating group) is 1. The van der Waals surface area contributed by atoms with E-state index >= 15 is 0 Å². The van der Waals surface area contributed by atoms with E-state index in [1.807, 2.05) is 37.2 Å². The maximum atomic E-state index is 13.3. The van der Waals surface area contributed by atoms with E-state index in [2.05, 4.69) is 11.1 Å². The molecule has 2 aliphatic rings. The van der Waals surface area contributed by atoms with Crippen LogP contribution in [-0.4, -0.2) is 63.4 Å². The smallest absolute Gasteiger partial charge is 0.290 e. The van der Waals surface area contributed by atoms with Crippen molar-refractivity contribution in [3.63, 3.8) is 0 Å². The van der Waals surface area contributed by atoms with E-state index < -0.39 is 0 Å². The van der Waals surface area contributed by atoms with Crippen LogP contribution in [0.4, 0.5) is 0 Å². The molecule has 2 amide bonds. The first-order valence-electron chi connectivity index (χ1n) is 10.8. The fourth-order valence-corrected chi connectivity index (χ4v) is 4.74. The summed E-state index contributed by atoms with van der Waals surface area (Å²) >= 11 is 0. The van der Waals surface area contributed by atoms with Gasteiger partial charge in [0, 0.05) is 33.0 Å². The van der Waals surface area contributed by atoms with E-state index in [-0.39, 0.29) is 30.5 Å². The molecular formula is C23H30N4O3. The highest BCUT2D eigenvalue weighted by atomic mass is 16.5. The number of carbonyl (C=O) groups excluding carboxylic acids is 2. The summed E-state index contributed by atoms with van der Waals surface area (Å²) in [6.45, 7) is 0.721. The molecule has 1 fully saturated rings. The lowest BCUT2D eigenvalue weighted by atomic mass is 9.90. The Morgan fingerprint density at radius 2 is 1.90 bits per heavy atom. The van der Waals surface area contributed by atoms with Crippen LogP contribution >= 0.6 is 0 Å². The largest absolute Gasteiger partial charge is 0.483 e. The zero-order valence-corrected chi connectivity index (χ0v) is 17.8. The number of imidazole rings is 1. The number of aromatic nitrogens is 2. The summed E-state index contributed by atoms with van der Waals surface area (Å²) in [7, 11) is 3.68. The minimum Gasteiger partial charge on any atom is -0.483 e. The Labute approximate surface area is 177 Å². The Kier molecular flexibility index (Phi) is 6.06. The summed E-state index contributed by atoms with van der Waals surface area (Å²) in [6, 6.07) is 7.94. The summed E-state index contributed by atoms with van der Waals surface area (Å²) in [5, 5.41) is 0. The van der Waals surface area contributed by atoms with Crippen LogP contribution in [0.25, 0.3) is 0 Å². The number of piperidine rings is 1. The van der Waals surface area contributed by atoms with Crippen LogP contribution in [0.15, 0.2) is 36.7 Å². The third-order valence-corrected chi connectivity index (χ3v) is 6.43. The van der Waals surface area contributed by atoms with Gasteiger partial charge in [0.2, 0.25) is 0 Å². The number of likely N-dealkylation sites (tertiary alicyclic amines) is 1. The Morgan fingerprint density at radius 1 is 1.10 bits per heavy atom. The average Bonchev–Trinajstić information content (AvgIpc) is 3.19. The molecule has 2 aliphatic heterocycles. The van der Waals surface area contributed by atoms with Gasteiger partial charge in [-0.1, -0.05) is 24.6 Å². The van der Waals surface area contributed by atoms with Crippen molar-refractivity contribution in [3.05, 3.63) is 48.0 Å². The van der Waals surface area contributed by atoms with Crippen molar-refractivity contribution in [1.82, 2.24) is 19.4 Å². The Bertz CT molecular complexity index is 909. The van der Waals surface area contributed by atoms with Crippen LogP contribution in [0.1, 0.15) is 48.3 Å². The number of fused-ring (bicyclic) bond motifs is 2. The highest BCUT2D eigenvalue weighted by Crippen LogP contribution is 2.29. The van der Waals surface area contributed by atoms with E-state index in [1.54, 1.807) is 21.9 Å². The van der Waals surface area contributed by atoms with E-state index in [9.17, 15) is 9.59 Å². The second kappa shape index (κ2) is 8.90. The van der Waals surface area contributed by atoms with Gasteiger partial charge in [0.15, 0.2) is 12.4 Å². The first-order valence-corrected chi connectivity index (χ1v) is 10.8. The summed E-state index contributed by atoms with van der Waals surface area (Å²) in [6.07, 6.45) is 9.01. The topological polar surface area (TPSA) is 67.7 Å². The fraction of sp³-hybridized carbons (Fsp3) is 0.522. The Morgan fingerprint density at radius 3 is 2.70 bits per heavy atom. The number of nitrogens with zero attached hydrogens (tertiary/aromatic N) is 4. The molecule has 0 bridgehead atoms. The van der Waals surface area contributed by atoms with Gasteiger partial charge in [0.1, 0.15) is 5.75 Å². The minimum absolute atomic E-state index is 0.00580. The number of carbonyl (C=O) groups is 2. The lowest BCUT2D eigenvalue weighted by Crippen LogP contribution is -2.58. The van der Waals surface area contributed by atoms with Gasteiger partial charge in [0.25, 0.3) is 11.8 Å². The molecule has 0 unspecified atom stereocenters. The second-order valence-corrected chi connectivity index (χ2v) is 8.28. The van der Waals surface area contributed by atoms with Gasteiger partial charge in [-0.15, -0.1) is 0 Å². The number of benzene rings is 1. The number of rotatable bonds is 1. The summed E-state index contributed by atoms with van der Waals surface area (Å²) in [5.41, 5.74) is 1.13. The molecule has 1 aromatic heterocycles. The zero-order valence-electron chi connectivity index (χ0n) is 17.8. The number of hydrogen-bond donors (Lipinski definition) is 0. The molecule has 0 N–H and O–H groups in total. The molecular weight excluding hydrogens is 380 g/mol. The third-order valence-electron chi connectivity index (χ3n) is 6.43. The standard InChI is InChI=1S/C23H30N4O3/c1-25-15-13-24-22(25)23(29)27-14-7-11-18-19(27)10-5-3-8-17-9-4-6-12-20(17)30-16-21(28)26(18)2/h4,6,9,12-13,15,18-19H,3,5,7-8,10-11,14,16H2,1-2H3/t18-,19-/m1/s1. The second-order valence-electron chi connectivity index (χ2n) is 8.28. The molecule has 1 aromatic carbocycles.